The first kappa shape index (κ1) is 17.6. The van der Waals surface area contributed by atoms with E-state index in [2.05, 4.69) is 48.4 Å². The molecule has 0 amide bonds. The molecule has 3 aliphatic heterocycles. The summed E-state index contributed by atoms with van der Waals surface area (Å²) < 4.78 is 6.35. The summed E-state index contributed by atoms with van der Waals surface area (Å²) in [6, 6.07) is 8.31. The second-order valence-corrected chi connectivity index (χ2v) is 8.61. The number of rotatable bonds is 2. The van der Waals surface area contributed by atoms with Crippen LogP contribution in [0.1, 0.15) is 23.3 Å². The van der Waals surface area contributed by atoms with Crippen molar-refractivity contribution < 1.29 is 4.74 Å². The van der Waals surface area contributed by atoms with Gasteiger partial charge in [0.1, 0.15) is 17.7 Å². The molecule has 6 rings (SSSR count). The van der Waals surface area contributed by atoms with Crippen LogP contribution >= 0.6 is 11.8 Å². The molecule has 2 unspecified atom stereocenters. The summed E-state index contributed by atoms with van der Waals surface area (Å²) >= 11 is 1.83. The SMILES string of the molecule is c1cnc2c(c1)NC(c1cnc3c(c1)OC(c1cnc4c(c1)SCCN4)CN3)CN2. The third kappa shape index (κ3) is 3.15. The summed E-state index contributed by atoms with van der Waals surface area (Å²) in [6.45, 7) is 2.36. The Balaban J connectivity index is 1.24. The predicted octanol–water partition coefficient (Wildman–Crippen LogP) is 3.51. The zero-order chi connectivity index (χ0) is 19.9. The van der Waals surface area contributed by atoms with E-state index in [1.165, 1.54) is 4.90 Å². The molecule has 30 heavy (non-hydrogen) atoms. The molecule has 0 saturated carbocycles. The van der Waals surface area contributed by atoms with Gasteiger partial charge in [0.2, 0.25) is 0 Å². The van der Waals surface area contributed by atoms with Crippen molar-refractivity contribution in [1.29, 1.82) is 0 Å². The van der Waals surface area contributed by atoms with Crippen LogP contribution in [0.2, 0.25) is 0 Å². The molecule has 0 saturated heterocycles. The van der Waals surface area contributed by atoms with Gasteiger partial charge in [0.15, 0.2) is 11.6 Å². The van der Waals surface area contributed by atoms with Gasteiger partial charge in [0, 0.05) is 43.0 Å². The number of fused-ring (bicyclic) bond motifs is 3. The van der Waals surface area contributed by atoms with E-state index >= 15 is 0 Å². The van der Waals surface area contributed by atoms with Crippen molar-refractivity contribution in [3.63, 3.8) is 0 Å². The Hall–Kier alpha value is -3.20. The lowest BCUT2D eigenvalue weighted by Crippen LogP contribution is -2.28. The van der Waals surface area contributed by atoms with Gasteiger partial charge < -0.3 is 26.0 Å². The highest BCUT2D eigenvalue weighted by molar-refractivity contribution is 7.99. The van der Waals surface area contributed by atoms with Crippen LogP contribution in [0.15, 0.2) is 47.8 Å². The lowest BCUT2D eigenvalue weighted by atomic mass is 10.1. The first-order valence-electron chi connectivity index (χ1n) is 10.1. The van der Waals surface area contributed by atoms with Gasteiger partial charge >= 0.3 is 0 Å². The van der Waals surface area contributed by atoms with E-state index in [9.17, 15) is 0 Å². The first-order chi connectivity index (χ1) is 14.8. The summed E-state index contributed by atoms with van der Waals surface area (Å²) in [5, 5.41) is 13.7. The fourth-order valence-corrected chi connectivity index (χ4v) is 4.86. The van der Waals surface area contributed by atoms with Crippen LogP contribution in [0.3, 0.4) is 0 Å². The third-order valence-corrected chi connectivity index (χ3v) is 6.54. The normalized spacial score (nSPS) is 21.3. The minimum Gasteiger partial charge on any atom is -0.480 e. The fraction of sp³-hybridized carbons (Fsp3) is 0.286. The molecule has 0 bridgehead atoms. The van der Waals surface area contributed by atoms with Crippen LogP contribution in [0.25, 0.3) is 0 Å². The van der Waals surface area contributed by atoms with Crippen molar-refractivity contribution >= 4 is 34.9 Å². The fourth-order valence-electron chi connectivity index (χ4n) is 3.95. The van der Waals surface area contributed by atoms with Gasteiger partial charge in [-0.3, -0.25) is 0 Å². The lowest BCUT2D eigenvalue weighted by Gasteiger charge is -2.30. The van der Waals surface area contributed by atoms with Gasteiger partial charge in [-0.25, -0.2) is 15.0 Å². The Morgan fingerprint density at radius 2 is 1.83 bits per heavy atom. The highest BCUT2D eigenvalue weighted by Gasteiger charge is 2.26. The van der Waals surface area contributed by atoms with Gasteiger partial charge in [0.05, 0.1) is 23.2 Å². The molecule has 3 aromatic heterocycles. The van der Waals surface area contributed by atoms with Crippen LogP contribution in [0, 0.1) is 0 Å². The minimum atomic E-state index is -0.0998. The molecule has 6 heterocycles. The van der Waals surface area contributed by atoms with Gasteiger partial charge in [-0.1, -0.05) is 0 Å². The summed E-state index contributed by atoms with van der Waals surface area (Å²) in [6.07, 6.45) is 5.50. The Morgan fingerprint density at radius 1 is 0.933 bits per heavy atom. The largest absolute Gasteiger partial charge is 0.480 e. The van der Waals surface area contributed by atoms with Crippen LogP contribution in [0.5, 0.6) is 5.75 Å². The summed E-state index contributed by atoms with van der Waals surface area (Å²) in [4.78, 5) is 14.7. The van der Waals surface area contributed by atoms with Gasteiger partial charge in [-0.15, -0.1) is 11.8 Å². The molecule has 8 nitrogen and oxygen atoms in total. The Morgan fingerprint density at radius 3 is 2.83 bits per heavy atom. The lowest BCUT2D eigenvalue weighted by molar-refractivity contribution is 0.208. The van der Waals surface area contributed by atoms with Crippen molar-refractivity contribution in [2.45, 2.75) is 17.0 Å². The number of hydrogen-bond donors (Lipinski definition) is 4. The summed E-state index contributed by atoms with van der Waals surface area (Å²) in [5.74, 6) is 4.45. The monoisotopic (exact) mass is 419 g/mol. The summed E-state index contributed by atoms with van der Waals surface area (Å²) in [7, 11) is 0. The maximum atomic E-state index is 6.35. The van der Waals surface area contributed by atoms with Crippen molar-refractivity contribution in [3.05, 3.63) is 54.0 Å². The first-order valence-corrected chi connectivity index (χ1v) is 11.0. The van der Waals surface area contributed by atoms with E-state index in [4.69, 9.17) is 4.74 Å². The third-order valence-electron chi connectivity index (χ3n) is 5.51. The Kier molecular flexibility index (Phi) is 4.26. The standard InChI is InChI=1S/C21H21N7OS/c1-2-14-19(22-3-1)26-10-15(28-14)12-6-16-20(24-8-12)27-11-17(29-16)13-7-18-21(25-9-13)23-4-5-30-18/h1-3,6-9,15,17,28H,4-5,10-11H2,(H,22,26)(H,23,25)(H,24,27). The van der Waals surface area contributed by atoms with Gasteiger partial charge in [-0.2, -0.15) is 0 Å². The van der Waals surface area contributed by atoms with Crippen molar-refractivity contribution in [2.75, 3.05) is 46.7 Å². The number of nitrogens with one attached hydrogen (secondary N) is 4. The van der Waals surface area contributed by atoms with Crippen LogP contribution in [0.4, 0.5) is 23.1 Å². The molecule has 2 atom stereocenters. The Labute approximate surface area is 178 Å². The predicted molar refractivity (Wildman–Crippen MR) is 119 cm³/mol. The minimum absolute atomic E-state index is 0.0939. The number of aromatic nitrogens is 3. The topological polar surface area (TPSA) is 96.0 Å². The molecule has 0 fully saturated rings. The zero-order valence-electron chi connectivity index (χ0n) is 16.2. The average Bonchev–Trinajstić information content (AvgIpc) is 2.82. The van der Waals surface area contributed by atoms with Crippen molar-refractivity contribution in [1.82, 2.24) is 15.0 Å². The molecule has 3 aromatic rings. The Bertz CT molecular complexity index is 1110. The smallest absolute Gasteiger partial charge is 0.168 e. The molecule has 152 valence electrons. The number of ether oxygens (including phenoxy) is 1. The van der Waals surface area contributed by atoms with Crippen molar-refractivity contribution in [2.24, 2.45) is 0 Å². The number of pyridine rings is 3. The van der Waals surface area contributed by atoms with E-state index in [0.29, 0.717) is 6.54 Å². The second kappa shape index (κ2) is 7.24. The van der Waals surface area contributed by atoms with Crippen LogP contribution < -0.4 is 26.0 Å². The van der Waals surface area contributed by atoms with Crippen LogP contribution in [-0.2, 0) is 0 Å². The average molecular weight is 420 g/mol. The molecular formula is C21H21N7OS. The van der Waals surface area contributed by atoms with Gasteiger partial charge in [0.25, 0.3) is 0 Å². The maximum Gasteiger partial charge on any atom is 0.168 e. The number of thioether (sulfide) groups is 1. The zero-order valence-corrected chi connectivity index (χ0v) is 17.0. The van der Waals surface area contributed by atoms with E-state index in [1.807, 2.05) is 36.3 Å². The molecule has 0 spiro atoms. The highest BCUT2D eigenvalue weighted by atomic mass is 32.2. The molecule has 0 aromatic carbocycles. The summed E-state index contributed by atoms with van der Waals surface area (Å²) in [5.41, 5.74) is 3.14. The van der Waals surface area contributed by atoms with E-state index < -0.39 is 0 Å². The molecule has 4 N–H and O–H groups in total. The maximum absolute atomic E-state index is 6.35. The van der Waals surface area contributed by atoms with E-state index in [1.54, 1.807) is 6.20 Å². The number of anilines is 4. The second-order valence-electron chi connectivity index (χ2n) is 7.47. The molecule has 9 heteroatoms. The number of hydrogen-bond acceptors (Lipinski definition) is 9. The highest BCUT2D eigenvalue weighted by Crippen LogP contribution is 2.38. The molecular weight excluding hydrogens is 398 g/mol. The molecule has 3 aliphatic rings. The van der Waals surface area contributed by atoms with Crippen LogP contribution in [-0.4, -0.2) is 40.3 Å². The molecule has 0 aliphatic carbocycles. The van der Waals surface area contributed by atoms with E-state index in [-0.39, 0.29) is 12.1 Å². The van der Waals surface area contributed by atoms with Crippen molar-refractivity contribution in [3.8, 4) is 5.75 Å². The number of nitrogens with zero attached hydrogens (tertiary/aromatic N) is 3. The quantitative estimate of drug-likeness (QED) is 0.497. The van der Waals surface area contributed by atoms with E-state index in [0.717, 1.165) is 58.9 Å². The van der Waals surface area contributed by atoms with Gasteiger partial charge in [-0.05, 0) is 29.8 Å². The molecule has 0 radical (unpaired) electrons.